The minimum atomic E-state index is 0.719. The van der Waals surface area contributed by atoms with Gasteiger partial charge in [0.25, 0.3) is 0 Å². The average Bonchev–Trinajstić information content (AvgIpc) is 2.88. The molecular weight excluding hydrogens is 322 g/mol. The van der Waals surface area contributed by atoms with Gasteiger partial charge in [0, 0.05) is 54.7 Å². The van der Waals surface area contributed by atoms with Gasteiger partial charge < -0.3 is 9.80 Å². The maximum absolute atomic E-state index is 6.10. The highest BCUT2D eigenvalue weighted by molar-refractivity contribution is 6.31. The summed E-state index contributed by atoms with van der Waals surface area (Å²) in [5.41, 5.74) is 2.16. The van der Waals surface area contributed by atoms with Crippen molar-refractivity contribution >= 4 is 34.0 Å². The van der Waals surface area contributed by atoms with Gasteiger partial charge in [-0.15, -0.1) is 5.10 Å². The van der Waals surface area contributed by atoms with Gasteiger partial charge in [0.05, 0.1) is 5.52 Å². The molecule has 2 aromatic heterocycles. The van der Waals surface area contributed by atoms with Crippen LogP contribution in [0.5, 0.6) is 0 Å². The topological polar surface area (TPSA) is 45.2 Å². The molecule has 4 rings (SSSR count). The lowest BCUT2D eigenvalue weighted by Gasteiger charge is -2.25. The first-order valence-electron chi connectivity index (χ1n) is 8.13. The van der Waals surface area contributed by atoms with E-state index in [0.717, 1.165) is 54.3 Å². The predicted molar refractivity (Wildman–Crippen MR) is 97.8 cm³/mol. The molecule has 3 heterocycles. The Hall–Kier alpha value is -2.40. The normalized spacial score (nSPS) is 15.5. The first-order valence-corrected chi connectivity index (χ1v) is 8.51. The summed E-state index contributed by atoms with van der Waals surface area (Å²) in [5, 5.41) is 10.1. The molecular formula is C18H18ClN5. The molecule has 3 aromatic rings. The molecule has 5 nitrogen and oxygen atoms in total. The van der Waals surface area contributed by atoms with Crippen molar-refractivity contribution in [1.82, 2.24) is 15.2 Å². The maximum atomic E-state index is 6.10. The van der Waals surface area contributed by atoms with Crippen LogP contribution in [0.1, 0.15) is 6.42 Å². The summed E-state index contributed by atoms with van der Waals surface area (Å²) in [7, 11) is 0. The third-order valence-corrected chi connectivity index (χ3v) is 4.64. The molecule has 0 bridgehead atoms. The second-order valence-corrected chi connectivity index (χ2v) is 6.34. The average molecular weight is 340 g/mol. The molecule has 122 valence electrons. The van der Waals surface area contributed by atoms with Crippen molar-refractivity contribution in [2.24, 2.45) is 0 Å². The van der Waals surface area contributed by atoms with E-state index in [1.807, 2.05) is 30.5 Å². The highest BCUT2D eigenvalue weighted by Crippen LogP contribution is 2.28. The van der Waals surface area contributed by atoms with Crippen molar-refractivity contribution in [2.45, 2.75) is 6.42 Å². The van der Waals surface area contributed by atoms with E-state index in [2.05, 4.69) is 37.1 Å². The summed E-state index contributed by atoms with van der Waals surface area (Å²) in [5.74, 6) is 0.950. The molecule has 24 heavy (non-hydrogen) atoms. The number of anilines is 2. The summed E-state index contributed by atoms with van der Waals surface area (Å²) < 4.78 is 0. The molecule has 0 saturated carbocycles. The zero-order valence-corrected chi connectivity index (χ0v) is 14.0. The number of hydrogen-bond donors (Lipinski definition) is 0. The fourth-order valence-electron chi connectivity index (χ4n) is 3.23. The molecule has 0 aliphatic carbocycles. The Labute approximate surface area is 145 Å². The van der Waals surface area contributed by atoms with Crippen LogP contribution in [0, 0.1) is 0 Å². The van der Waals surface area contributed by atoms with E-state index >= 15 is 0 Å². The van der Waals surface area contributed by atoms with Crippen LogP contribution in [0.25, 0.3) is 10.9 Å². The van der Waals surface area contributed by atoms with Gasteiger partial charge >= 0.3 is 0 Å². The first-order chi connectivity index (χ1) is 11.8. The largest absolute Gasteiger partial charge is 0.369 e. The molecule has 6 heteroatoms. The van der Waals surface area contributed by atoms with Crippen molar-refractivity contribution < 1.29 is 0 Å². The van der Waals surface area contributed by atoms with E-state index < -0.39 is 0 Å². The van der Waals surface area contributed by atoms with Crippen LogP contribution >= 0.6 is 11.6 Å². The third kappa shape index (κ3) is 2.99. The first kappa shape index (κ1) is 15.1. The van der Waals surface area contributed by atoms with E-state index in [9.17, 15) is 0 Å². The summed E-state index contributed by atoms with van der Waals surface area (Å²) in [6.07, 6.45) is 4.65. The lowest BCUT2D eigenvalue weighted by atomic mass is 10.1. The number of halogens is 1. The zero-order chi connectivity index (χ0) is 16.4. The monoisotopic (exact) mass is 339 g/mol. The summed E-state index contributed by atoms with van der Waals surface area (Å²) in [6, 6.07) is 12.0. The molecule has 1 aliphatic heterocycles. The van der Waals surface area contributed by atoms with Crippen LogP contribution in [0.3, 0.4) is 0 Å². The number of benzene rings is 1. The Bertz CT molecular complexity index is 839. The van der Waals surface area contributed by atoms with Crippen molar-refractivity contribution in [3.63, 3.8) is 0 Å². The second-order valence-electron chi connectivity index (χ2n) is 5.90. The van der Waals surface area contributed by atoms with Crippen LogP contribution in [0.4, 0.5) is 11.5 Å². The molecule has 1 aromatic carbocycles. The van der Waals surface area contributed by atoms with Crippen molar-refractivity contribution in [3.8, 4) is 0 Å². The van der Waals surface area contributed by atoms with Crippen LogP contribution in [0.15, 0.2) is 48.8 Å². The van der Waals surface area contributed by atoms with Gasteiger partial charge in [-0.3, -0.25) is 4.98 Å². The minimum Gasteiger partial charge on any atom is -0.369 e. The number of pyridine rings is 1. The number of aromatic nitrogens is 3. The fraction of sp³-hybridized carbons (Fsp3) is 0.278. The Morgan fingerprint density at radius 3 is 2.67 bits per heavy atom. The molecule has 1 saturated heterocycles. The molecule has 0 amide bonds. The predicted octanol–water partition coefficient (Wildman–Crippen LogP) is 3.39. The van der Waals surface area contributed by atoms with Crippen LogP contribution in [-0.4, -0.2) is 41.4 Å². The molecule has 0 radical (unpaired) electrons. The van der Waals surface area contributed by atoms with Crippen molar-refractivity contribution in [2.75, 3.05) is 36.0 Å². The van der Waals surface area contributed by atoms with Gasteiger partial charge in [-0.1, -0.05) is 11.6 Å². The quantitative estimate of drug-likeness (QED) is 0.716. The molecule has 0 N–H and O–H groups in total. The van der Waals surface area contributed by atoms with Gasteiger partial charge in [-0.25, -0.2) is 0 Å². The number of nitrogens with zero attached hydrogens (tertiary/aromatic N) is 5. The van der Waals surface area contributed by atoms with Gasteiger partial charge in [0.2, 0.25) is 0 Å². The molecule has 1 aliphatic rings. The smallest absolute Gasteiger partial charge is 0.151 e. The highest BCUT2D eigenvalue weighted by atomic mass is 35.5. The van der Waals surface area contributed by atoms with Crippen molar-refractivity contribution in [3.05, 3.63) is 53.8 Å². The Kier molecular flexibility index (Phi) is 4.17. The van der Waals surface area contributed by atoms with E-state index in [1.165, 1.54) is 5.69 Å². The van der Waals surface area contributed by atoms with Gasteiger partial charge in [0.15, 0.2) is 5.82 Å². The Morgan fingerprint density at radius 1 is 0.917 bits per heavy atom. The number of hydrogen-bond acceptors (Lipinski definition) is 5. The van der Waals surface area contributed by atoms with Gasteiger partial charge in [-0.2, -0.15) is 5.10 Å². The highest BCUT2D eigenvalue weighted by Gasteiger charge is 2.18. The second kappa shape index (κ2) is 6.61. The molecule has 0 unspecified atom stereocenters. The van der Waals surface area contributed by atoms with Gasteiger partial charge in [0.1, 0.15) is 0 Å². The summed E-state index contributed by atoms with van der Waals surface area (Å²) in [6.45, 7) is 3.87. The summed E-state index contributed by atoms with van der Waals surface area (Å²) >= 11 is 6.10. The lowest BCUT2D eigenvalue weighted by Crippen LogP contribution is -2.31. The number of fused-ring (bicyclic) bond motifs is 1. The van der Waals surface area contributed by atoms with Gasteiger partial charge in [-0.05, 0) is 42.8 Å². The van der Waals surface area contributed by atoms with E-state index in [-0.39, 0.29) is 0 Å². The summed E-state index contributed by atoms with van der Waals surface area (Å²) in [4.78, 5) is 9.17. The van der Waals surface area contributed by atoms with E-state index in [4.69, 9.17) is 11.6 Å². The Morgan fingerprint density at radius 2 is 1.79 bits per heavy atom. The van der Waals surface area contributed by atoms with Crippen LogP contribution in [0.2, 0.25) is 5.02 Å². The lowest BCUT2D eigenvalue weighted by molar-refractivity contribution is 0.786. The molecule has 0 atom stereocenters. The van der Waals surface area contributed by atoms with Crippen molar-refractivity contribution in [1.29, 1.82) is 0 Å². The SMILES string of the molecule is Clc1ccc2c(N3CCCN(c4cccnn4)CC3)ccnc2c1. The van der Waals surface area contributed by atoms with Crippen LogP contribution < -0.4 is 9.80 Å². The minimum absolute atomic E-state index is 0.719. The van der Waals surface area contributed by atoms with E-state index in [1.54, 1.807) is 6.20 Å². The fourth-order valence-corrected chi connectivity index (χ4v) is 3.40. The maximum Gasteiger partial charge on any atom is 0.151 e. The van der Waals surface area contributed by atoms with E-state index in [0.29, 0.717) is 0 Å². The number of rotatable bonds is 2. The standard InChI is InChI=1S/C18H18ClN5/c19-14-4-5-15-16(13-14)20-8-6-17(15)23-9-2-10-24(12-11-23)18-3-1-7-21-22-18/h1,3-8,13H,2,9-12H2. The molecule has 0 spiro atoms. The molecule has 1 fully saturated rings. The Balaban J connectivity index is 1.60. The van der Waals surface area contributed by atoms with Crippen LogP contribution in [-0.2, 0) is 0 Å². The zero-order valence-electron chi connectivity index (χ0n) is 13.3. The third-order valence-electron chi connectivity index (χ3n) is 4.40.